The van der Waals surface area contributed by atoms with E-state index in [0.29, 0.717) is 19.5 Å². The Morgan fingerprint density at radius 1 is 1.47 bits per heavy atom. The number of aromatic nitrogens is 2. The molecule has 0 radical (unpaired) electrons. The van der Waals surface area contributed by atoms with Crippen LogP contribution in [0.2, 0.25) is 0 Å². The van der Waals surface area contributed by atoms with E-state index in [9.17, 15) is 13.2 Å². The molecular weight excluding hydrogens is 356 g/mol. The number of nitrogens with one attached hydrogen (secondary N) is 1. The third kappa shape index (κ3) is 4.48. The molecule has 1 heterocycles. The summed E-state index contributed by atoms with van der Waals surface area (Å²) >= 11 is 4.12. The minimum atomic E-state index is -3.63. The monoisotopic (exact) mass is 370 g/mol. The van der Waals surface area contributed by atoms with E-state index in [4.69, 9.17) is 0 Å². The fraction of sp³-hybridized carbons (Fsp3) is 0.667. The maximum absolute atomic E-state index is 12.3. The van der Waals surface area contributed by atoms with E-state index in [1.165, 1.54) is 11.2 Å². The summed E-state index contributed by atoms with van der Waals surface area (Å²) in [5.41, 5.74) is 0. The van der Waals surface area contributed by atoms with Crippen LogP contribution in [0.15, 0.2) is 4.34 Å². The van der Waals surface area contributed by atoms with Gasteiger partial charge < -0.3 is 5.32 Å². The lowest BCUT2D eigenvalue weighted by Crippen LogP contribution is -2.32. The van der Waals surface area contributed by atoms with Gasteiger partial charge in [0.25, 0.3) is 10.0 Å². The highest BCUT2D eigenvalue weighted by atomic mass is 79.9. The molecule has 0 fully saturated rings. The van der Waals surface area contributed by atoms with Crippen LogP contribution in [0.1, 0.15) is 20.3 Å². The van der Waals surface area contributed by atoms with Crippen molar-refractivity contribution in [2.75, 3.05) is 23.7 Å². The number of hydrogen-bond acceptors (Lipinski definition) is 6. The minimum absolute atomic E-state index is 0.104. The molecule has 108 valence electrons. The standard InChI is InChI=1S/C9H15BrN4O3S2/c1-3-14(6-4-5-10)19(16,17)9-13-12-8(18-9)11-7(2)15/h3-6H2,1-2H3,(H,11,12,15). The Hall–Kier alpha value is -0.580. The molecular formula is C9H15BrN4O3S2. The number of hydrogen-bond donors (Lipinski definition) is 1. The summed E-state index contributed by atoms with van der Waals surface area (Å²) in [6.07, 6.45) is 0.713. The van der Waals surface area contributed by atoms with Gasteiger partial charge in [-0.05, 0) is 6.42 Å². The number of carbonyl (C=O) groups is 1. The zero-order valence-electron chi connectivity index (χ0n) is 10.6. The zero-order chi connectivity index (χ0) is 14.5. The van der Waals surface area contributed by atoms with Crippen molar-refractivity contribution >= 4 is 48.3 Å². The van der Waals surface area contributed by atoms with E-state index in [2.05, 4.69) is 31.4 Å². The Morgan fingerprint density at radius 3 is 2.68 bits per heavy atom. The third-order valence-electron chi connectivity index (χ3n) is 2.14. The molecule has 0 unspecified atom stereocenters. The molecule has 0 aromatic carbocycles. The maximum atomic E-state index is 12.3. The molecule has 1 N–H and O–H groups in total. The minimum Gasteiger partial charge on any atom is -0.301 e. The fourth-order valence-corrected chi connectivity index (χ4v) is 4.13. The van der Waals surface area contributed by atoms with Crippen molar-refractivity contribution < 1.29 is 13.2 Å². The number of anilines is 1. The van der Waals surface area contributed by atoms with Crippen LogP contribution < -0.4 is 5.32 Å². The normalized spacial score (nSPS) is 11.8. The molecule has 1 rings (SSSR count). The molecule has 0 atom stereocenters. The summed E-state index contributed by atoms with van der Waals surface area (Å²) in [5, 5.41) is 10.6. The van der Waals surface area contributed by atoms with Crippen molar-refractivity contribution in [3.8, 4) is 0 Å². The summed E-state index contributed by atoms with van der Waals surface area (Å²) in [4.78, 5) is 10.9. The quantitative estimate of drug-likeness (QED) is 0.576. The lowest BCUT2D eigenvalue weighted by atomic mass is 10.5. The second-order valence-electron chi connectivity index (χ2n) is 3.59. The van der Waals surface area contributed by atoms with E-state index in [-0.39, 0.29) is 15.4 Å². The number of carbonyl (C=O) groups excluding carboxylic acids is 1. The van der Waals surface area contributed by atoms with Crippen molar-refractivity contribution in [1.82, 2.24) is 14.5 Å². The van der Waals surface area contributed by atoms with E-state index in [0.717, 1.165) is 16.7 Å². The van der Waals surface area contributed by atoms with Gasteiger partial charge in [-0.3, -0.25) is 4.79 Å². The highest BCUT2D eigenvalue weighted by Gasteiger charge is 2.27. The Bertz CT molecular complexity index is 531. The van der Waals surface area contributed by atoms with Crippen LogP contribution in [0.3, 0.4) is 0 Å². The third-order valence-corrected chi connectivity index (χ3v) is 5.86. The zero-order valence-corrected chi connectivity index (χ0v) is 13.8. The molecule has 0 saturated carbocycles. The molecule has 7 nitrogen and oxygen atoms in total. The first-order chi connectivity index (χ1) is 8.91. The van der Waals surface area contributed by atoms with E-state index in [1.807, 2.05) is 0 Å². The molecule has 0 saturated heterocycles. The van der Waals surface area contributed by atoms with Gasteiger partial charge in [0.1, 0.15) is 0 Å². The van der Waals surface area contributed by atoms with Crippen LogP contribution in [-0.4, -0.2) is 47.2 Å². The van der Waals surface area contributed by atoms with Crippen LogP contribution >= 0.6 is 27.3 Å². The number of rotatable bonds is 7. The van der Waals surface area contributed by atoms with Crippen molar-refractivity contribution in [2.45, 2.75) is 24.6 Å². The molecule has 1 aromatic heterocycles. The average Bonchev–Trinajstić information content (AvgIpc) is 2.78. The maximum Gasteiger partial charge on any atom is 0.272 e. The topological polar surface area (TPSA) is 92.3 Å². The van der Waals surface area contributed by atoms with Crippen molar-refractivity contribution in [1.29, 1.82) is 0 Å². The van der Waals surface area contributed by atoms with Gasteiger partial charge in [0, 0.05) is 25.3 Å². The number of nitrogens with zero attached hydrogens (tertiary/aromatic N) is 3. The van der Waals surface area contributed by atoms with Gasteiger partial charge in [0.05, 0.1) is 0 Å². The first-order valence-electron chi connectivity index (χ1n) is 5.59. The van der Waals surface area contributed by atoms with Gasteiger partial charge >= 0.3 is 0 Å². The molecule has 1 aromatic rings. The van der Waals surface area contributed by atoms with Crippen molar-refractivity contribution in [2.24, 2.45) is 0 Å². The molecule has 0 spiro atoms. The van der Waals surface area contributed by atoms with Crippen LogP contribution in [0.4, 0.5) is 5.13 Å². The summed E-state index contributed by atoms with van der Waals surface area (Å²) < 4.78 is 25.8. The average molecular weight is 371 g/mol. The van der Waals surface area contributed by atoms with Gasteiger partial charge in [0.15, 0.2) is 0 Å². The van der Waals surface area contributed by atoms with E-state index >= 15 is 0 Å². The van der Waals surface area contributed by atoms with Crippen molar-refractivity contribution in [3.63, 3.8) is 0 Å². The second-order valence-corrected chi connectivity index (χ2v) is 7.48. The summed E-state index contributed by atoms with van der Waals surface area (Å²) in [7, 11) is -3.63. The lowest BCUT2D eigenvalue weighted by molar-refractivity contribution is -0.114. The number of amides is 1. The molecule has 0 aliphatic rings. The molecule has 10 heteroatoms. The van der Waals surface area contributed by atoms with Crippen LogP contribution in [0.5, 0.6) is 0 Å². The smallest absolute Gasteiger partial charge is 0.272 e. The Morgan fingerprint density at radius 2 is 2.16 bits per heavy atom. The summed E-state index contributed by atoms with van der Waals surface area (Å²) in [6, 6.07) is 0. The van der Waals surface area contributed by atoms with Gasteiger partial charge in [-0.25, -0.2) is 8.42 Å². The first-order valence-corrected chi connectivity index (χ1v) is 8.96. The molecule has 19 heavy (non-hydrogen) atoms. The molecule has 0 bridgehead atoms. The van der Waals surface area contributed by atoms with E-state index in [1.54, 1.807) is 6.92 Å². The molecule has 0 aliphatic carbocycles. The Labute approximate surface area is 124 Å². The predicted molar refractivity (Wildman–Crippen MR) is 77.1 cm³/mol. The molecule has 0 aliphatic heterocycles. The van der Waals surface area contributed by atoms with Gasteiger partial charge in [0.2, 0.25) is 15.4 Å². The summed E-state index contributed by atoms with van der Waals surface area (Å²) in [5.74, 6) is -0.313. The van der Waals surface area contributed by atoms with Crippen LogP contribution in [0, 0.1) is 0 Å². The highest BCUT2D eigenvalue weighted by Crippen LogP contribution is 2.23. The highest BCUT2D eigenvalue weighted by molar-refractivity contribution is 9.09. The summed E-state index contributed by atoms with van der Waals surface area (Å²) in [6.45, 7) is 3.87. The number of halogens is 1. The second kappa shape index (κ2) is 7.27. The van der Waals surface area contributed by atoms with Gasteiger partial charge in [-0.15, -0.1) is 10.2 Å². The predicted octanol–water partition coefficient (Wildman–Crippen LogP) is 1.29. The number of sulfonamides is 1. The van der Waals surface area contributed by atoms with Crippen LogP contribution in [-0.2, 0) is 14.8 Å². The Kier molecular flexibility index (Phi) is 6.30. The lowest BCUT2D eigenvalue weighted by Gasteiger charge is -2.17. The van der Waals surface area contributed by atoms with Gasteiger partial charge in [-0.1, -0.05) is 34.2 Å². The molecule has 1 amide bonds. The fourth-order valence-electron chi connectivity index (χ4n) is 1.31. The van der Waals surface area contributed by atoms with E-state index < -0.39 is 10.0 Å². The van der Waals surface area contributed by atoms with Crippen LogP contribution in [0.25, 0.3) is 0 Å². The Balaban J connectivity index is 2.91. The van der Waals surface area contributed by atoms with Gasteiger partial charge in [-0.2, -0.15) is 4.31 Å². The first kappa shape index (κ1) is 16.5. The van der Waals surface area contributed by atoms with Crippen molar-refractivity contribution in [3.05, 3.63) is 0 Å². The largest absolute Gasteiger partial charge is 0.301 e. The SMILES string of the molecule is CCN(CCCBr)S(=O)(=O)c1nnc(NC(C)=O)s1. The number of alkyl halides is 1.